The third kappa shape index (κ3) is 1.68. The van der Waals surface area contributed by atoms with Crippen molar-refractivity contribution in [2.75, 3.05) is 0 Å². The van der Waals surface area contributed by atoms with E-state index < -0.39 is 0 Å². The fourth-order valence-corrected chi connectivity index (χ4v) is 2.25. The van der Waals surface area contributed by atoms with E-state index in [9.17, 15) is 0 Å². The maximum atomic E-state index is 4.51. The molecular weight excluding hydrogens is 222 g/mol. The molecule has 0 fully saturated rings. The lowest BCUT2D eigenvalue weighted by Crippen LogP contribution is -1.91. The Bertz CT molecular complexity index is 726. The summed E-state index contributed by atoms with van der Waals surface area (Å²) in [5, 5.41) is 4.36. The van der Waals surface area contributed by atoms with Crippen molar-refractivity contribution in [3.63, 3.8) is 0 Å². The van der Waals surface area contributed by atoms with E-state index in [1.807, 2.05) is 23.7 Å². The zero-order chi connectivity index (χ0) is 12.7. The first-order valence-corrected chi connectivity index (χ1v) is 6.05. The van der Waals surface area contributed by atoms with Crippen molar-refractivity contribution in [1.29, 1.82) is 0 Å². The molecule has 3 rings (SSSR count). The van der Waals surface area contributed by atoms with E-state index in [1.54, 1.807) is 0 Å². The van der Waals surface area contributed by atoms with Crippen molar-refractivity contribution in [2.45, 2.75) is 20.8 Å². The Morgan fingerprint density at radius 1 is 1.00 bits per heavy atom. The van der Waals surface area contributed by atoms with Crippen LogP contribution in [-0.4, -0.2) is 14.6 Å². The summed E-state index contributed by atoms with van der Waals surface area (Å²) in [6, 6.07) is 10.6. The summed E-state index contributed by atoms with van der Waals surface area (Å²) < 4.78 is 1.84. The zero-order valence-corrected chi connectivity index (χ0v) is 10.8. The SMILES string of the molecule is Cc1ccc(C)c(-c2cccn3nc(C)nc23)c1. The van der Waals surface area contributed by atoms with Gasteiger partial charge in [0.05, 0.1) is 0 Å². The van der Waals surface area contributed by atoms with Gasteiger partial charge in [-0.3, -0.25) is 0 Å². The van der Waals surface area contributed by atoms with Crippen LogP contribution < -0.4 is 0 Å². The maximum absolute atomic E-state index is 4.51. The summed E-state index contributed by atoms with van der Waals surface area (Å²) in [4.78, 5) is 4.51. The molecule has 0 amide bonds. The molecule has 0 aliphatic heterocycles. The molecule has 0 aliphatic rings. The summed E-state index contributed by atoms with van der Waals surface area (Å²) in [5.74, 6) is 0.799. The highest BCUT2D eigenvalue weighted by atomic mass is 15.3. The largest absolute Gasteiger partial charge is 0.220 e. The second-order valence-corrected chi connectivity index (χ2v) is 4.67. The molecule has 1 aromatic carbocycles. The Hall–Kier alpha value is -2.16. The number of aromatic nitrogens is 3. The molecule has 3 heteroatoms. The Morgan fingerprint density at radius 2 is 1.83 bits per heavy atom. The summed E-state index contributed by atoms with van der Waals surface area (Å²) in [6.45, 7) is 6.15. The summed E-state index contributed by atoms with van der Waals surface area (Å²) in [7, 11) is 0. The number of aryl methyl sites for hydroxylation is 3. The molecule has 18 heavy (non-hydrogen) atoms. The lowest BCUT2D eigenvalue weighted by Gasteiger charge is -2.08. The highest BCUT2D eigenvalue weighted by Gasteiger charge is 2.09. The van der Waals surface area contributed by atoms with Crippen molar-refractivity contribution in [3.8, 4) is 11.1 Å². The number of rotatable bonds is 1. The summed E-state index contributed by atoms with van der Waals surface area (Å²) in [5.41, 5.74) is 5.80. The maximum Gasteiger partial charge on any atom is 0.163 e. The van der Waals surface area contributed by atoms with Crippen LogP contribution in [0.5, 0.6) is 0 Å². The van der Waals surface area contributed by atoms with Gasteiger partial charge in [0, 0.05) is 11.8 Å². The van der Waals surface area contributed by atoms with Gasteiger partial charge in [0.15, 0.2) is 5.65 Å². The Morgan fingerprint density at radius 3 is 2.67 bits per heavy atom. The Balaban J connectivity index is 2.34. The average Bonchev–Trinajstić information content (AvgIpc) is 2.72. The lowest BCUT2D eigenvalue weighted by molar-refractivity contribution is 0.931. The van der Waals surface area contributed by atoms with E-state index in [1.165, 1.54) is 16.7 Å². The van der Waals surface area contributed by atoms with Gasteiger partial charge in [-0.15, -0.1) is 0 Å². The summed E-state index contributed by atoms with van der Waals surface area (Å²) >= 11 is 0. The van der Waals surface area contributed by atoms with E-state index in [0.717, 1.165) is 17.0 Å². The lowest BCUT2D eigenvalue weighted by atomic mass is 9.99. The average molecular weight is 237 g/mol. The van der Waals surface area contributed by atoms with Gasteiger partial charge in [0.2, 0.25) is 0 Å². The molecular formula is C15H15N3. The highest BCUT2D eigenvalue weighted by molar-refractivity contribution is 5.79. The molecule has 3 nitrogen and oxygen atoms in total. The van der Waals surface area contributed by atoms with Crippen molar-refractivity contribution in [1.82, 2.24) is 14.6 Å². The smallest absolute Gasteiger partial charge is 0.163 e. The predicted molar refractivity (Wildman–Crippen MR) is 72.6 cm³/mol. The van der Waals surface area contributed by atoms with Crippen LogP contribution in [0, 0.1) is 20.8 Å². The Labute approximate surface area is 106 Å². The third-order valence-electron chi connectivity index (χ3n) is 3.15. The molecule has 3 aromatic rings. The number of nitrogens with zero attached hydrogens (tertiary/aromatic N) is 3. The van der Waals surface area contributed by atoms with E-state index >= 15 is 0 Å². The van der Waals surface area contributed by atoms with E-state index in [0.29, 0.717) is 0 Å². The van der Waals surface area contributed by atoms with Gasteiger partial charge in [-0.2, -0.15) is 5.10 Å². The number of fused-ring (bicyclic) bond motifs is 1. The van der Waals surface area contributed by atoms with Crippen LogP contribution in [-0.2, 0) is 0 Å². The first-order valence-electron chi connectivity index (χ1n) is 6.05. The zero-order valence-electron chi connectivity index (χ0n) is 10.8. The molecule has 0 saturated heterocycles. The first-order chi connectivity index (χ1) is 8.65. The predicted octanol–water partition coefficient (Wildman–Crippen LogP) is 3.32. The quantitative estimate of drug-likeness (QED) is 0.650. The molecule has 0 N–H and O–H groups in total. The number of hydrogen-bond donors (Lipinski definition) is 0. The summed E-state index contributed by atoms with van der Waals surface area (Å²) in [6.07, 6.45) is 1.93. The van der Waals surface area contributed by atoms with Crippen molar-refractivity contribution < 1.29 is 0 Å². The molecule has 0 unspecified atom stereocenters. The van der Waals surface area contributed by atoms with E-state index in [4.69, 9.17) is 0 Å². The minimum atomic E-state index is 0.799. The van der Waals surface area contributed by atoms with Crippen LogP contribution in [0.2, 0.25) is 0 Å². The number of benzene rings is 1. The molecule has 0 bridgehead atoms. The fraction of sp³-hybridized carbons (Fsp3) is 0.200. The second kappa shape index (κ2) is 3.95. The van der Waals surface area contributed by atoms with Gasteiger partial charge >= 0.3 is 0 Å². The van der Waals surface area contributed by atoms with Crippen LogP contribution in [0.4, 0.5) is 0 Å². The van der Waals surface area contributed by atoms with Crippen LogP contribution in [0.1, 0.15) is 17.0 Å². The van der Waals surface area contributed by atoms with Crippen molar-refractivity contribution in [2.24, 2.45) is 0 Å². The molecule has 2 aromatic heterocycles. The Kier molecular flexibility index (Phi) is 2.40. The minimum Gasteiger partial charge on any atom is -0.220 e. The number of hydrogen-bond acceptors (Lipinski definition) is 2. The van der Waals surface area contributed by atoms with Crippen LogP contribution >= 0.6 is 0 Å². The molecule has 2 heterocycles. The first kappa shape index (κ1) is 11.0. The standard InChI is InChI=1S/C15H15N3/c1-10-6-7-11(2)14(9-10)13-5-4-8-18-15(13)16-12(3)17-18/h4-9H,1-3H3. The molecule has 0 saturated carbocycles. The van der Waals surface area contributed by atoms with Crippen LogP contribution in [0.3, 0.4) is 0 Å². The van der Waals surface area contributed by atoms with Crippen molar-refractivity contribution >= 4 is 5.65 Å². The van der Waals surface area contributed by atoms with Crippen LogP contribution in [0.25, 0.3) is 16.8 Å². The molecule has 90 valence electrons. The van der Waals surface area contributed by atoms with Gasteiger partial charge < -0.3 is 0 Å². The normalized spacial score (nSPS) is 11.1. The molecule has 0 aliphatic carbocycles. The van der Waals surface area contributed by atoms with Gasteiger partial charge in [0.1, 0.15) is 5.82 Å². The molecule has 0 radical (unpaired) electrons. The molecule has 0 atom stereocenters. The van der Waals surface area contributed by atoms with Gasteiger partial charge in [-0.1, -0.05) is 23.8 Å². The van der Waals surface area contributed by atoms with Crippen molar-refractivity contribution in [3.05, 3.63) is 53.5 Å². The van der Waals surface area contributed by atoms with Crippen LogP contribution in [0.15, 0.2) is 36.5 Å². The van der Waals surface area contributed by atoms with Gasteiger partial charge in [0.25, 0.3) is 0 Å². The second-order valence-electron chi connectivity index (χ2n) is 4.67. The highest BCUT2D eigenvalue weighted by Crippen LogP contribution is 2.27. The van der Waals surface area contributed by atoms with Gasteiger partial charge in [-0.25, -0.2) is 9.50 Å². The monoisotopic (exact) mass is 237 g/mol. The topological polar surface area (TPSA) is 30.2 Å². The van der Waals surface area contributed by atoms with Gasteiger partial charge in [-0.05, 0) is 44.0 Å². The number of pyridine rings is 1. The molecule has 0 spiro atoms. The minimum absolute atomic E-state index is 0.799. The van der Waals surface area contributed by atoms with E-state index in [-0.39, 0.29) is 0 Å². The third-order valence-corrected chi connectivity index (χ3v) is 3.15. The van der Waals surface area contributed by atoms with E-state index in [2.05, 4.69) is 48.2 Å². The fourth-order valence-electron chi connectivity index (χ4n) is 2.25.